The normalized spacial score (nSPS) is 17.2. The number of amides is 2. The topological polar surface area (TPSA) is 101 Å². The Kier molecular flexibility index (Phi) is 7.70. The Morgan fingerprint density at radius 1 is 1.55 bits per heavy atom. The molecular formula is C13H21ClN4O3S. The fraction of sp³-hybridized carbons (Fsp3) is 0.615. The van der Waals surface area contributed by atoms with Crippen LogP contribution in [0.1, 0.15) is 18.6 Å². The van der Waals surface area contributed by atoms with Crippen LogP contribution in [0.3, 0.4) is 0 Å². The van der Waals surface area contributed by atoms with E-state index in [1.807, 2.05) is 4.90 Å². The number of halogens is 1. The number of nitrogens with zero attached hydrogens (tertiary/aromatic N) is 2. The first-order chi connectivity index (χ1) is 10.1. The number of aromatic nitrogens is 1. The molecule has 0 aliphatic carbocycles. The zero-order valence-corrected chi connectivity index (χ0v) is 14.0. The quantitative estimate of drug-likeness (QED) is 0.796. The SMILES string of the molecule is Cc1cc(NC(=O)CSCC(=O)N2CCCC2CN)no1.Cl. The zero-order valence-electron chi connectivity index (χ0n) is 12.4. The lowest BCUT2D eigenvalue weighted by atomic mass is 10.2. The molecule has 9 heteroatoms. The minimum absolute atomic E-state index is 0. The number of rotatable bonds is 6. The molecule has 1 atom stereocenters. The summed E-state index contributed by atoms with van der Waals surface area (Å²) in [4.78, 5) is 25.6. The number of anilines is 1. The highest BCUT2D eigenvalue weighted by Crippen LogP contribution is 2.17. The van der Waals surface area contributed by atoms with Crippen LogP contribution in [-0.2, 0) is 9.59 Å². The number of carbonyl (C=O) groups is 2. The molecule has 7 nitrogen and oxygen atoms in total. The van der Waals surface area contributed by atoms with Gasteiger partial charge < -0.3 is 20.5 Å². The number of hydrogen-bond donors (Lipinski definition) is 2. The van der Waals surface area contributed by atoms with E-state index < -0.39 is 0 Å². The van der Waals surface area contributed by atoms with Crippen LogP contribution in [0.25, 0.3) is 0 Å². The monoisotopic (exact) mass is 348 g/mol. The van der Waals surface area contributed by atoms with Crippen molar-refractivity contribution in [3.63, 3.8) is 0 Å². The smallest absolute Gasteiger partial charge is 0.235 e. The van der Waals surface area contributed by atoms with Crippen molar-refractivity contribution in [3.8, 4) is 0 Å². The van der Waals surface area contributed by atoms with Crippen molar-refractivity contribution >= 4 is 41.8 Å². The van der Waals surface area contributed by atoms with Gasteiger partial charge in [0.25, 0.3) is 0 Å². The fourth-order valence-corrected chi connectivity index (χ4v) is 3.03. The average Bonchev–Trinajstić information content (AvgIpc) is 3.07. The largest absolute Gasteiger partial charge is 0.360 e. The highest BCUT2D eigenvalue weighted by atomic mass is 35.5. The second kappa shape index (κ2) is 9.02. The van der Waals surface area contributed by atoms with Crippen LogP contribution in [-0.4, -0.2) is 52.5 Å². The summed E-state index contributed by atoms with van der Waals surface area (Å²) in [6.45, 7) is 3.02. The first-order valence-electron chi connectivity index (χ1n) is 6.90. The van der Waals surface area contributed by atoms with E-state index in [0.717, 1.165) is 19.4 Å². The molecule has 0 saturated carbocycles. The summed E-state index contributed by atoms with van der Waals surface area (Å²) in [6.07, 6.45) is 1.98. The molecule has 1 aliphatic rings. The predicted octanol–water partition coefficient (Wildman–Crippen LogP) is 1.03. The molecule has 0 bridgehead atoms. The third-order valence-corrected chi connectivity index (χ3v) is 4.24. The molecular weight excluding hydrogens is 328 g/mol. The van der Waals surface area contributed by atoms with Gasteiger partial charge in [0.15, 0.2) is 5.82 Å². The maximum absolute atomic E-state index is 12.0. The number of nitrogens with two attached hydrogens (primary N) is 1. The zero-order chi connectivity index (χ0) is 15.2. The van der Waals surface area contributed by atoms with Crippen molar-refractivity contribution in [3.05, 3.63) is 11.8 Å². The van der Waals surface area contributed by atoms with Gasteiger partial charge >= 0.3 is 0 Å². The molecule has 124 valence electrons. The second-order valence-corrected chi connectivity index (χ2v) is 5.97. The number of thioether (sulfide) groups is 1. The van der Waals surface area contributed by atoms with Crippen LogP contribution in [0.4, 0.5) is 5.82 Å². The van der Waals surface area contributed by atoms with Crippen LogP contribution >= 0.6 is 24.2 Å². The predicted molar refractivity (Wildman–Crippen MR) is 88.2 cm³/mol. The molecule has 0 aromatic carbocycles. The fourth-order valence-electron chi connectivity index (χ4n) is 2.33. The molecule has 1 aliphatic heterocycles. The van der Waals surface area contributed by atoms with Gasteiger partial charge in [0, 0.05) is 25.2 Å². The van der Waals surface area contributed by atoms with E-state index in [0.29, 0.717) is 23.9 Å². The summed E-state index contributed by atoms with van der Waals surface area (Å²) in [7, 11) is 0. The maximum atomic E-state index is 12.0. The maximum Gasteiger partial charge on any atom is 0.235 e. The highest BCUT2D eigenvalue weighted by molar-refractivity contribution is 8.00. The molecule has 1 unspecified atom stereocenters. The third-order valence-electron chi connectivity index (χ3n) is 3.32. The van der Waals surface area contributed by atoms with Gasteiger partial charge in [-0.15, -0.1) is 24.2 Å². The molecule has 1 fully saturated rings. The lowest BCUT2D eigenvalue weighted by molar-refractivity contribution is -0.128. The lowest BCUT2D eigenvalue weighted by Crippen LogP contribution is -2.41. The van der Waals surface area contributed by atoms with E-state index in [-0.39, 0.29) is 36.0 Å². The van der Waals surface area contributed by atoms with Gasteiger partial charge in [-0.25, -0.2) is 0 Å². The van der Waals surface area contributed by atoms with Crippen molar-refractivity contribution in [1.82, 2.24) is 10.1 Å². The van der Waals surface area contributed by atoms with E-state index in [1.54, 1.807) is 13.0 Å². The third kappa shape index (κ3) is 5.19. The second-order valence-electron chi connectivity index (χ2n) is 4.98. The van der Waals surface area contributed by atoms with Crippen LogP contribution in [0.2, 0.25) is 0 Å². The minimum atomic E-state index is -0.196. The van der Waals surface area contributed by atoms with E-state index in [4.69, 9.17) is 10.3 Å². The van der Waals surface area contributed by atoms with Crippen LogP contribution < -0.4 is 11.1 Å². The summed E-state index contributed by atoms with van der Waals surface area (Å²) >= 11 is 1.29. The summed E-state index contributed by atoms with van der Waals surface area (Å²) in [5.74, 6) is 1.39. The van der Waals surface area contributed by atoms with Crippen molar-refractivity contribution in [1.29, 1.82) is 0 Å². The molecule has 0 spiro atoms. The standard InChI is InChI=1S/C13H20N4O3S.ClH/c1-9-5-11(16-20-9)15-12(18)7-21-8-13(19)17-4-2-3-10(17)6-14;/h5,10H,2-4,6-8,14H2,1H3,(H,15,16,18);1H. The Morgan fingerprint density at radius 3 is 2.95 bits per heavy atom. The number of hydrogen-bond acceptors (Lipinski definition) is 6. The van der Waals surface area contributed by atoms with E-state index in [1.165, 1.54) is 11.8 Å². The van der Waals surface area contributed by atoms with E-state index in [9.17, 15) is 9.59 Å². The number of likely N-dealkylation sites (tertiary alicyclic amines) is 1. The first kappa shape index (κ1) is 18.8. The van der Waals surface area contributed by atoms with Gasteiger partial charge in [-0.05, 0) is 19.8 Å². The van der Waals surface area contributed by atoms with Crippen molar-refractivity contribution in [2.24, 2.45) is 5.73 Å². The van der Waals surface area contributed by atoms with Crippen molar-refractivity contribution < 1.29 is 14.1 Å². The Morgan fingerprint density at radius 2 is 2.32 bits per heavy atom. The van der Waals surface area contributed by atoms with Gasteiger partial charge in [-0.1, -0.05) is 5.16 Å². The molecule has 1 aromatic heterocycles. The molecule has 2 heterocycles. The summed E-state index contributed by atoms with van der Waals surface area (Å²) in [5.41, 5.74) is 5.65. The number of carbonyl (C=O) groups excluding carboxylic acids is 2. The number of nitrogens with one attached hydrogen (secondary N) is 1. The van der Waals surface area contributed by atoms with Crippen LogP contribution in [0.5, 0.6) is 0 Å². The molecule has 1 saturated heterocycles. The van der Waals surface area contributed by atoms with Gasteiger partial charge in [0.2, 0.25) is 11.8 Å². The summed E-state index contributed by atoms with van der Waals surface area (Å²) in [6, 6.07) is 1.80. The highest BCUT2D eigenvalue weighted by Gasteiger charge is 2.27. The Balaban J connectivity index is 0.00000242. The molecule has 2 rings (SSSR count). The van der Waals surface area contributed by atoms with Gasteiger partial charge in [-0.2, -0.15) is 0 Å². The Bertz CT molecular complexity index is 511. The van der Waals surface area contributed by atoms with Crippen molar-refractivity contribution in [2.75, 3.05) is 29.9 Å². The Labute approximate surface area is 139 Å². The van der Waals surface area contributed by atoms with Crippen molar-refractivity contribution in [2.45, 2.75) is 25.8 Å². The van der Waals surface area contributed by atoms with Crippen LogP contribution in [0.15, 0.2) is 10.6 Å². The number of aryl methyl sites for hydroxylation is 1. The van der Waals surface area contributed by atoms with Crippen LogP contribution in [0, 0.1) is 6.92 Å². The van der Waals surface area contributed by atoms with Gasteiger partial charge in [-0.3, -0.25) is 9.59 Å². The molecule has 0 radical (unpaired) electrons. The van der Waals surface area contributed by atoms with E-state index in [2.05, 4.69) is 10.5 Å². The molecule has 2 amide bonds. The van der Waals surface area contributed by atoms with Gasteiger partial charge in [0.05, 0.1) is 11.5 Å². The van der Waals surface area contributed by atoms with E-state index >= 15 is 0 Å². The average molecular weight is 349 g/mol. The summed E-state index contributed by atoms with van der Waals surface area (Å²) < 4.78 is 4.86. The lowest BCUT2D eigenvalue weighted by Gasteiger charge is -2.23. The Hall–Kier alpha value is -1.25. The summed E-state index contributed by atoms with van der Waals surface area (Å²) in [5, 5.41) is 6.29. The first-order valence-corrected chi connectivity index (χ1v) is 8.06. The minimum Gasteiger partial charge on any atom is -0.360 e. The molecule has 22 heavy (non-hydrogen) atoms. The van der Waals surface area contributed by atoms with Gasteiger partial charge in [0.1, 0.15) is 5.76 Å². The molecule has 3 N–H and O–H groups in total. The molecule has 1 aromatic rings.